The summed E-state index contributed by atoms with van der Waals surface area (Å²) in [7, 11) is 0. The van der Waals surface area contributed by atoms with Crippen LogP contribution in [0.1, 0.15) is 16.7 Å². The van der Waals surface area contributed by atoms with Gasteiger partial charge in [-0.05, 0) is 49.4 Å². The molecule has 0 unspecified atom stereocenters. The van der Waals surface area contributed by atoms with Gasteiger partial charge in [0.2, 0.25) is 0 Å². The maximum Gasteiger partial charge on any atom is 0.154 e. The van der Waals surface area contributed by atoms with Crippen molar-refractivity contribution in [2.24, 2.45) is 10.7 Å². The lowest BCUT2D eigenvalue weighted by molar-refractivity contribution is 1.10. The molecule has 0 aliphatic carbocycles. The first kappa shape index (κ1) is 37.9. The highest BCUT2D eigenvalue weighted by atomic mass is 32.1. The molecule has 5 nitrogen and oxygen atoms in total. The van der Waals surface area contributed by atoms with Gasteiger partial charge in [0.1, 0.15) is 5.84 Å². The highest BCUT2D eigenvalue weighted by Crippen LogP contribution is 2.47. The molecule has 0 fully saturated rings. The number of fused-ring (bicyclic) bond motifs is 9. The summed E-state index contributed by atoms with van der Waals surface area (Å²) in [5.41, 5.74) is 18.4. The van der Waals surface area contributed by atoms with Crippen molar-refractivity contribution < 1.29 is 0 Å². The summed E-state index contributed by atoms with van der Waals surface area (Å²) in [5, 5.41) is 16.2. The molecule has 0 radical (unpaired) electrons. The number of aromatic nitrogens is 2. The van der Waals surface area contributed by atoms with Crippen molar-refractivity contribution in [2.75, 3.05) is 0 Å². The van der Waals surface area contributed by atoms with Crippen LogP contribution in [0.25, 0.3) is 86.3 Å². The average Bonchev–Trinajstić information content (AvgIpc) is 4.00. The van der Waals surface area contributed by atoms with E-state index in [4.69, 9.17) is 16.1 Å². The molecule has 63 heavy (non-hydrogen) atoms. The van der Waals surface area contributed by atoms with Crippen molar-refractivity contribution in [3.05, 3.63) is 229 Å². The van der Waals surface area contributed by atoms with Crippen LogP contribution in [-0.4, -0.2) is 20.8 Å². The minimum atomic E-state index is 0.110. The van der Waals surface area contributed by atoms with Gasteiger partial charge in [-0.1, -0.05) is 175 Å². The lowest BCUT2D eigenvalue weighted by atomic mass is 9.93. The maximum atomic E-state index is 9.06. The normalized spacial score (nSPS) is 11.8. The molecule has 9 aromatic carbocycles. The van der Waals surface area contributed by atoms with Gasteiger partial charge < -0.3 is 14.9 Å². The Bertz CT molecular complexity index is 3620. The first-order valence-electron chi connectivity index (χ1n) is 21.1. The number of benzene rings is 9. The number of aliphatic imine (C=N–C) groups is 1. The van der Waals surface area contributed by atoms with E-state index in [1.165, 1.54) is 47.3 Å². The van der Waals surface area contributed by atoms with Crippen molar-refractivity contribution in [3.63, 3.8) is 0 Å². The molecule has 0 bridgehead atoms. The minimum Gasteiger partial charge on any atom is -0.383 e. The summed E-state index contributed by atoms with van der Waals surface area (Å²) in [5.74, 6) is 0.391. The maximum absolute atomic E-state index is 9.06. The molecule has 0 spiro atoms. The second-order valence-electron chi connectivity index (χ2n) is 15.7. The molecule has 3 heterocycles. The molecule has 0 atom stereocenters. The number of thiophene rings is 1. The monoisotopic (exact) mass is 827 g/mol. The fourth-order valence-electron chi connectivity index (χ4n) is 9.14. The SMILES string of the molecule is Cc1ccccc1.N=C(N=C(N)c1ccc(-n2c3ccccc3c3ccccc32)c(-n2c3ccccc3c3ccccc32)c1-c1cccc2c1sc1ccccc12)c1ccccc1. The van der Waals surface area contributed by atoms with Crippen LogP contribution in [0.2, 0.25) is 0 Å². The van der Waals surface area contributed by atoms with E-state index in [1.807, 2.05) is 48.5 Å². The molecule has 300 valence electrons. The van der Waals surface area contributed by atoms with Crippen LogP contribution in [-0.2, 0) is 0 Å². The molecule has 0 saturated heterocycles. The molecular formula is C57H41N5S. The van der Waals surface area contributed by atoms with Crippen molar-refractivity contribution in [3.8, 4) is 22.5 Å². The predicted molar refractivity (Wildman–Crippen MR) is 269 cm³/mol. The van der Waals surface area contributed by atoms with Gasteiger partial charge >= 0.3 is 0 Å². The molecule has 0 aliphatic rings. The van der Waals surface area contributed by atoms with Gasteiger partial charge in [0.15, 0.2) is 5.84 Å². The van der Waals surface area contributed by atoms with Gasteiger partial charge in [0, 0.05) is 64.0 Å². The Morgan fingerprint density at radius 2 is 0.952 bits per heavy atom. The van der Waals surface area contributed by atoms with Crippen molar-refractivity contribution in [1.29, 1.82) is 5.41 Å². The number of nitrogens with two attached hydrogens (primary N) is 1. The van der Waals surface area contributed by atoms with E-state index in [1.54, 1.807) is 11.3 Å². The second kappa shape index (κ2) is 15.8. The Hall–Kier alpha value is -8.06. The number of nitrogens with zero attached hydrogens (tertiary/aromatic N) is 3. The van der Waals surface area contributed by atoms with E-state index in [0.717, 1.165) is 50.1 Å². The summed E-state index contributed by atoms with van der Waals surface area (Å²) >= 11 is 1.80. The first-order chi connectivity index (χ1) is 31.0. The van der Waals surface area contributed by atoms with Gasteiger partial charge in [-0.2, -0.15) is 0 Å². The zero-order valence-electron chi connectivity index (χ0n) is 34.5. The Morgan fingerprint density at radius 1 is 0.476 bits per heavy atom. The van der Waals surface area contributed by atoms with E-state index < -0.39 is 0 Å². The third kappa shape index (κ3) is 6.47. The van der Waals surface area contributed by atoms with Crippen LogP contribution in [0, 0.1) is 12.3 Å². The lowest BCUT2D eigenvalue weighted by Crippen LogP contribution is -2.19. The summed E-state index contributed by atoms with van der Waals surface area (Å²) < 4.78 is 7.22. The minimum absolute atomic E-state index is 0.110. The van der Waals surface area contributed by atoms with Gasteiger partial charge in [-0.3, -0.25) is 5.41 Å². The molecular weight excluding hydrogens is 787 g/mol. The molecule has 0 saturated carbocycles. The molecule has 3 aromatic heterocycles. The number of amidine groups is 2. The molecule has 0 amide bonds. The fraction of sp³-hybridized carbons (Fsp3) is 0.0175. The quantitative estimate of drug-likeness (QED) is 0.132. The number of nitrogens with one attached hydrogen (secondary N) is 1. The van der Waals surface area contributed by atoms with Crippen LogP contribution in [0.3, 0.4) is 0 Å². The number of hydrogen-bond acceptors (Lipinski definition) is 2. The number of para-hydroxylation sites is 4. The predicted octanol–water partition coefficient (Wildman–Crippen LogP) is 14.6. The Labute approximate surface area is 368 Å². The van der Waals surface area contributed by atoms with Crippen LogP contribution in [0.15, 0.2) is 217 Å². The summed E-state index contributed by atoms with van der Waals surface area (Å²) in [6.07, 6.45) is 0. The van der Waals surface area contributed by atoms with E-state index in [-0.39, 0.29) is 11.7 Å². The Morgan fingerprint density at radius 3 is 1.51 bits per heavy atom. The third-order valence-electron chi connectivity index (χ3n) is 12.0. The van der Waals surface area contributed by atoms with Crippen molar-refractivity contribution in [1.82, 2.24) is 9.13 Å². The van der Waals surface area contributed by atoms with Gasteiger partial charge in [0.25, 0.3) is 0 Å². The van der Waals surface area contributed by atoms with Gasteiger partial charge in [0.05, 0.1) is 33.4 Å². The van der Waals surface area contributed by atoms with Crippen LogP contribution in [0.5, 0.6) is 0 Å². The topological polar surface area (TPSA) is 72.1 Å². The molecule has 3 N–H and O–H groups in total. The first-order valence-corrected chi connectivity index (χ1v) is 21.9. The molecule has 0 aliphatic heterocycles. The average molecular weight is 828 g/mol. The van der Waals surface area contributed by atoms with Gasteiger partial charge in [-0.25, -0.2) is 4.99 Å². The number of hydrogen-bond donors (Lipinski definition) is 2. The Kier molecular flexibility index (Phi) is 9.48. The van der Waals surface area contributed by atoms with E-state index in [0.29, 0.717) is 5.56 Å². The highest BCUT2D eigenvalue weighted by Gasteiger charge is 2.27. The summed E-state index contributed by atoms with van der Waals surface area (Å²) in [4.78, 5) is 4.83. The van der Waals surface area contributed by atoms with E-state index in [9.17, 15) is 0 Å². The van der Waals surface area contributed by atoms with E-state index in [2.05, 4.69) is 180 Å². The smallest absolute Gasteiger partial charge is 0.154 e. The fourth-order valence-corrected chi connectivity index (χ4v) is 10.4. The summed E-state index contributed by atoms with van der Waals surface area (Å²) in [6, 6.07) is 74.0. The molecule has 12 rings (SSSR count). The van der Waals surface area contributed by atoms with E-state index >= 15 is 0 Å². The zero-order valence-corrected chi connectivity index (χ0v) is 35.4. The zero-order chi connectivity index (χ0) is 42.4. The number of rotatable bonds is 5. The van der Waals surface area contributed by atoms with Crippen molar-refractivity contribution in [2.45, 2.75) is 6.92 Å². The second-order valence-corrected chi connectivity index (χ2v) is 16.8. The number of aryl methyl sites for hydroxylation is 1. The third-order valence-corrected chi connectivity index (χ3v) is 13.2. The van der Waals surface area contributed by atoms with Gasteiger partial charge in [-0.15, -0.1) is 11.3 Å². The standard InChI is InChI=1S/C50H33N5S.C7H8/c51-49(31-15-2-1-3-16-31)53-50(52)39-29-30-44(54-40-24-9-4-17-32(40)33-18-5-10-25-41(33)54)47(55-42-26-11-6-19-34(42)35-20-7-12-27-43(35)55)46(39)38-23-14-22-37-36-21-8-13-28-45(36)56-48(37)38;1-7-5-3-2-4-6-7/h1-30H,(H3,51,52,53);2-6H,1H3. The van der Waals surface area contributed by atoms with Crippen LogP contribution in [0.4, 0.5) is 0 Å². The Balaban J connectivity index is 0.000000581. The molecule has 6 heteroatoms. The van der Waals surface area contributed by atoms with Crippen LogP contribution >= 0.6 is 11.3 Å². The highest BCUT2D eigenvalue weighted by molar-refractivity contribution is 7.26. The van der Waals surface area contributed by atoms with Crippen LogP contribution < -0.4 is 5.73 Å². The lowest BCUT2D eigenvalue weighted by Gasteiger charge is -2.23. The largest absolute Gasteiger partial charge is 0.383 e. The van der Waals surface area contributed by atoms with Crippen molar-refractivity contribution >= 4 is 86.8 Å². The molecule has 12 aromatic rings. The summed E-state index contributed by atoms with van der Waals surface area (Å²) in [6.45, 7) is 2.08.